The first-order valence-corrected chi connectivity index (χ1v) is 7.44. The molecule has 0 spiro atoms. The third-order valence-electron chi connectivity index (χ3n) is 4.02. The van der Waals surface area contributed by atoms with Gasteiger partial charge in [-0.25, -0.2) is 4.39 Å². The molecule has 2 rings (SSSR count). The molecule has 1 heterocycles. The Morgan fingerprint density at radius 2 is 1.78 bits per heavy atom. The zero-order chi connectivity index (χ0) is 17.0. The highest BCUT2D eigenvalue weighted by molar-refractivity contribution is 5.82. The maximum atomic E-state index is 13.7. The molecular formula is C16H20FN3O3. The van der Waals surface area contributed by atoms with Gasteiger partial charge in [-0.2, -0.15) is 0 Å². The van der Waals surface area contributed by atoms with Crippen molar-refractivity contribution in [2.75, 3.05) is 26.2 Å². The van der Waals surface area contributed by atoms with Crippen molar-refractivity contribution < 1.29 is 18.8 Å². The molecule has 0 radical (unpaired) electrons. The van der Waals surface area contributed by atoms with Crippen LogP contribution in [0.4, 0.5) is 4.39 Å². The quantitative estimate of drug-likeness (QED) is 0.861. The van der Waals surface area contributed by atoms with Crippen molar-refractivity contribution in [3.63, 3.8) is 0 Å². The van der Waals surface area contributed by atoms with Crippen molar-refractivity contribution in [1.29, 1.82) is 0 Å². The first kappa shape index (κ1) is 16.9. The lowest BCUT2D eigenvalue weighted by atomic mass is 10.1. The number of carbonyl (C=O) groups excluding carboxylic acids is 3. The van der Waals surface area contributed by atoms with E-state index in [-0.39, 0.29) is 31.3 Å². The van der Waals surface area contributed by atoms with Crippen LogP contribution in [0.3, 0.4) is 0 Å². The van der Waals surface area contributed by atoms with Crippen molar-refractivity contribution in [3.8, 4) is 0 Å². The zero-order valence-electron chi connectivity index (χ0n) is 13.0. The number of nitrogens with two attached hydrogens (primary N) is 1. The number of halogens is 1. The average molecular weight is 321 g/mol. The van der Waals surface area contributed by atoms with E-state index in [0.717, 1.165) is 0 Å². The molecule has 1 atom stereocenters. The van der Waals surface area contributed by atoms with Crippen molar-refractivity contribution in [1.82, 2.24) is 9.80 Å². The van der Waals surface area contributed by atoms with E-state index >= 15 is 0 Å². The van der Waals surface area contributed by atoms with Crippen LogP contribution in [0.1, 0.15) is 12.5 Å². The molecule has 1 fully saturated rings. The van der Waals surface area contributed by atoms with E-state index < -0.39 is 17.6 Å². The number of rotatable bonds is 3. The summed E-state index contributed by atoms with van der Waals surface area (Å²) in [7, 11) is 0. The van der Waals surface area contributed by atoms with Crippen LogP contribution in [0.5, 0.6) is 0 Å². The topological polar surface area (TPSA) is 83.7 Å². The van der Waals surface area contributed by atoms with E-state index in [4.69, 9.17) is 5.73 Å². The van der Waals surface area contributed by atoms with Crippen molar-refractivity contribution in [2.24, 2.45) is 11.7 Å². The third kappa shape index (κ3) is 4.28. The Hall–Kier alpha value is -2.44. The highest BCUT2D eigenvalue weighted by atomic mass is 19.1. The van der Waals surface area contributed by atoms with Gasteiger partial charge in [0.2, 0.25) is 17.7 Å². The molecular weight excluding hydrogens is 301 g/mol. The average Bonchev–Trinajstić information content (AvgIpc) is 2.73. The second kappa shape index (κ2) is 7.21. The van der Waals surface area contributed by atoms with Gasteiger partial charge >= 0.3 is 0 Å². The Bertz CT molecular complexity index is 620. The SMILES string of the molecule is CC(=O)N1CCN(C(=O)Cc2ccccc2F)C[C@@H](C(N)=O)C1. The standard InChI is InChI=1S/C16H20FN3O3/c1-11(21)19-6-7-20(10-13(9-19)16(18)23)15(22)8-12-4-2-3-5-14(12)17/h2-5,13H,6-10H2,1H3,(H2,18,23)/t13-/m0/s1. The number of nitrogens with zero attached hydrogens (tertiary/aromatic N) is 2. The Kier molecular flexibility index (Phi) is 5.31. The second-order valence-corrected chi connectivity index (χ2v) is 5.67. The molecule has 0 unspecified atom stereocenters. The molecule has 0 saturated carbocycles. The summed E-state index contributed by atoms with van der Waals surface area (Å²) in [5, 5.41) is 0. The molecule has 1 saturated heterocycles. The lowest BCUT2D eigenvalue weighted by Gasteiger charge is -2.22. The zero-order valence-corrected chi connectivity index (χ0v) is 13.0. The molecule has 1 aromatic carbocycles. The summed E-state index contributed by atoms with van der Waals surface area (Å²) in [4.78, 5) is 38.5. The van der Waals surface area contributed by atoms with Crippen LogP contribution in [-0.2, 0) is 20.8 Å². The summed E-state index contributed by atoms with van der Waals surface area (Å²) < 4.78 is 13.7. The molecule has 1 aromatic rings. The van der Waals surface area contributed by atoms with E-state index in [0.29, 0.717) is 18.7 Å². The molecule has 6 nitrogen and oxygen atoms in total. The number of amides is 3. The number of carbonyl (C=O) groups is 3. The van der Waals surface area contributed by atoms with Crippen molar-refractivity contribution in [2.45, 2.75) is 13.3 Å². The minimum absolute atomic E-state index is 0.0851. The number of hydrogen-bond acceptors (Lipinski definition) is 3. The first-order chi connectivity index (χ1) is 10.9. The van der Waals surface area contributed by atoms with Crippen LogP contribution >= 0.6 is 0 Å². The van der Waals surface area contributed by atoms with E-state index in [9.17, 15) is 18.8 Å². The monoisotopic (exact) mass is 321 g/mol. The Morgan fingerprint density at radius 1 is 1.17 bits per heavy atom. The molecule has 1 aliphatic heterocycles. The summed E-state index contributed by atoms with van der Waals surface area (Å²) in [6, 6.07) is 6.08. The van der Waals surface area contributed by atoms with Gasteiger partial charge in [-0.15, -0.1) is 0 Å². The molecule has 0 aromatic heterocycles. The normalized spacial score (nSPS) is 18.4. The van der Waals surface area contributed by atoms with Gasteiger partial charge in [-0.05, 0) is 11.6 Å². The first-order valence-electron chi connectivity index (χ1n) is 7.44. The molecule has 7 heteroatoms. The summed E-state index contributed by atoms with van der Waals surface area (Å²) in [6.45, 7) is 2.40. The maximum absolute atomic E-state index is 13.7. The highest BCUT2D eigenvalue weighted by Gasteiger charge is 2.30. The van der Waals surface area contributed by atoms with E-state index in [1.807, 2.05) is 0 Å². The summed E-state index contributed by atoms with van der Waals surface area (Å²) >= 11 is 0. The predicted octanol–water partition coefficient (Wildman–Crippen LogP) is 0.160. The molecule has 0 bridgehead atoms. The predicted molar refractivity (Wildman–Crippen MR) is 81.6 cm³/mol. The summed E-state index contributed by atoms with van der Waals surface area (Å²) in [6.07, 6.45) is -0.0851. The largest absolute Gasteiger partial charge is 0.369 e. The molecule has 23 heavy (non-hydrogen) atoms. The van der Waals surface area contributed by atoms with E-state index in [1.54, 1.807) is 18.2 Å². The fourth-order valence-corrected chi connectivity index (χ4v) is 2.62. The minimum atomic E-state index is -0.619. The molecule has 124 valence electrons. The van der Waals surface area contributed by atoms with Gasteiger partial charge < -0.3 is 15.5 Å². The molecule has 1 aliphatic rings. The Morgan fingerprint density at radius 3 is 2.39 bits per heavy atom. The fourth-order valence-electron chi connectivity index (χ4n) is 2.62. The number of benzene rings is 1. The maximum Gasteiger partial charge on any atom is 0.227 e. The fraction of sp³-hybridized carbons (Fsp3) is 0.438. The lowest BCUT2D eigenvalue weighted by Crippen LogP contribution is -2.41. The van der Waals surface area contributed by atoms with Gasteiger partial charge in [-0.3, -0.25) is 14.4 Å². The third-order valence-corrected chi connectivity index (χ3v) is 4.02. The molecule has 2 N–H and O–H groups in total. The van der Waals surface area contributed by atoms with Crippen molar-refractivity contribution >= 4 is 17.7 Å². The van der Waals surface area contributed by atoms with Crippen LogP contribution in [-0.4, -0.2) is 53.7 Å². The van der Waals surface area contributed by atoms with Crippen LogP contribution in [0.2, 0.25) is 0 Å². The minimum Gasteiger partial charge on any atom is -0.369 e. The second-order valence-electron chi connectivity index (χ2n) is 5.67. The number of primary amides is 1. The van der Waals surface area contributed by atoms with Gasteiger partial charge in [0, 0.05) is 33.1 Å². The smallest absolute Gasteiger partial charge is 0.227 e. The van der Waals surface area contributed by atoms with Gasteiger partial charge in [0.15, 0.2) is 0 Å². The summed E-state index contributed by atoms with van der Waals surface area (Å²) in [5.41, 5.74) is 5.67. The Balaban J connectivity index is 2.11. The highest BCUT2D eigenvalue weighted by Crippen LogP contribution is 2.13. The number of hydrogen-bond donors (Lipinski definition) is 1. The van der Waals surface area contributed by atoms with Gasteiger partial charge in [0.05, 0.1) is 12.3 Å². The van der Waals surface area contributed by atoms with E-state index in [1.165, 1.54) is 22.8 Å². The van der Waals surface area contributed by atoms with Crippen LogP contribution < -0.4 is 5.73 Å². The lowest BCUT2D eigenvalue weighted by molar-refractivity contribution is -0.132. The van der Waals surface area contributed by atoms with Crippen LogP contribution in [0.25, 0.3) is 0 Å². The van der Waals surface area contributed by atoms with Crippen LogP contribution in [0.15, 0.2) is 24.3 Å². The van der Waals surface area contributed by atoms with Crippen molar-refractivity contribution in [3.05, 3.63) is 35.6 Å². The molecule has 3 amide bonds. The van der Waals surface area contributed by atoms with Gasteiger partial charge in [0.1, 0.15) is 5.82 Å². The van der Waals surface area contributed by atoms with Gasteiger partial charge in [-0.1, -0.05) is 18.2 Å². The summed E-state index contributed by atoms with van der Waals surface area (Å²) in [5.74, 6) is -2.06. The van der Waals surface area contributed by atoms with Gasteiger partial charge in [0.25, 0.3) is 0 Å². The van der Waals surface area contributed by atoms with E-state index in [2.05, 4.69) is 0 Å². The Labute approximate surface area is 134 Å². The van der Waals surface area contributed by atoms with Crippen LogP contribution in [0, 0.1) is 11.7 Å². The molecule has 0 aliphatic carbocycles.